The van der Waals surface area contributed by atoms with Crippen molar-refractivity contribution in [2.45, 2.75) is 24.4 Å². The molecule has 0 saturated carbocycles. The number of carbonyl (C=O) groups is 1. The second-order valence-corrected chi connectivity index (χ2v) is 5.78. The monoisotopic (exact) mass is 322 g/mol. The molecule has 2 aliphatic heterocycles. The average Bonchev–Trinajstić information content (AvgIpc) is 2.64. The summed E-state index contributed by atoms with van der Waals surface area (Å²) < 4.78 is 20.1. The summed E-state index contributed by atoms with van der Waals surface area (Å²) in [4.78, 5) is 29.0. The van der Waals surface area contributed by atoms with Crippen LogP contribution >= 0.6 is 7.82 Å². The van der Waals surface area contributed by atoms with Gasteiger partial charge in [-0.05, 0) is 0 Å². The van der Waals surface area contributed by atoms with E-state index < -0.39 is 44.8 Å². The lowest BCUT2D eigenvalue weighted by Gasteiger charge is -2.22. The van der Waals surface area contributed by atoms with E-state index in [2.05, 4.69) is 21.7 Å². The van der Waals surface area contributed by atoms with Crippen LogP contribution in [0.1, 0.15) is 0 Å². The second-order valence-electron chi connectivity index (χ2n) is 4.54. The van der Waals surface area contributed by atoms with Gasteiger partial charge in [0.1, 0.15) is 30.2 Å². The highest BCUT2D eigenvalue weighted by Gasteiger charge is 2.47. The second kappa shape index (κ2) is 5.85. The SMILES string of the molecule is C=C1NC=C([C@@H]2O[C@H](COP(=O)(O)O)[C@@H](O)[C@H]2O)C(=O)N1. The molecule has 0 bridgehead atoms. The van der Waals surface area contributed by atoms with Crippen LogP contribution in [-0.4, -0.2) is 56.9 Å². The lowest BCUT2D eigenvalue weighted by Crippen LogP contribution is -2.42. The molecule has 6 N–H and O–H groups in total. The van der Waals surface area contributed by atoms with Gasteiger partial charge in [0.05, 0.1) is 12.2 Å². The fraction of sp³-hybridized carbons (Fsp3) is 0.500. The minimum Gasteiger partial charge on any atom is -0.387 e. The van der Waals surface area contributed by atoms with Gasteiger partial charge in [0, 0.05) is 6.20 Å². The summed E-state index contributed by atoms with van der Waals surface area (Å²) in [7, 11) is -4.73. The predicted octanol–water partition coefficient (Wildman–Crippen LogP) is -2.34. The van der Waals surface area contributed by atoms with E-state index in [1.165, 1.54) is 6.20 Å². The van der Waals surface area contributed by atoms with Crippen molar-refractivity contribution in [1.29, 1.82) is 0 Å². The van der Waals surface area contributed by atoms with Gasteiger partial charge in [0.2, 0.25) is 0 Å². The molecule has 0 aromatic heterocycles. The number of hydrogen-bond donors (Lipinski definition) is 6. The number of phosphoric acid groups is 1. The first-order valence-electron chi connectivity index (χ1n) is 5.87. The Kier molecular flexibility index (Phi) is 4.49. The highest BCUT2D eigenvalue weighted by Crippen LogP contribution is 2.37. The minimum absolute atomic E-state index is 0.0210. The third-order valence-corrected chi connectivity index (χ3v) is 3.49. The molecule has 11 heteroatoms. The Hall–Kier alpha value is -1.26. The predicted molar refractivity (Wildman–Crippen MR) is 67.2 cm³/mol. The van der Waals surface area contributed by atoms with E-state index in [4.69, 9.17) is 14.5 Å². The van der Waals surface area contributed by atoms with E-state index in [0.717, 1.165) is 0 Å². The highest BCUT2D eigenvalue weighted by molar-refractivity contribution is 7.46. The maximum Gasteiger partial charge on any atom is 0.469 e. The van der Waals surface area contributed by atoms with Gasteiger partial charge in [-0.3, -0.25) is 9.32 Å². The van der Waals surface area contributed by atoms with E-state index in [0.29, 0.717) is 0 Å². The Morgan fingerprint density at radius 2 is 2.05 bits per heavy atom. The number of aliphatic hydroxyl groups is 2. The molecular weight excluding hydrogens is 307 g/mol. The van der Waals surface area contributed by atoms with Gasteiger partial charge >= 0.3 is 7.82 Å². The number of amides is 1. The molecule has 1 fully saturated rings. The Bertz CT molecular complexity index is 529. The van der Waals surface area contributed by atoms with Crippen molar-refractivity contribution in [2.75, 3.05) is 6.61 Å². The quantitative estimate of drug-likeness (QED) is 0.312. The topological polar surface area (TPSA) is 158 Å². The molecule has 4 atom stereocenters. The van der Waals surface area contributed by atoms with Gasteiger partial charge in [0.25, 0.3) is 5.91 Å². The Labute approximate surface area is 119 Å². The molecule has 2 aliphatic rings. The van der Waals surface area contributed by atoms with Crippen LogP contribution in [0.25, 0.3) is 0 Å². The molecule has 2 heterocycles. The van der Waals surface area contributed by atoms with Gasteiger partial charge in [-0.1, -0.05) is 6.58 Å². The van der Waals surface area contributed by atoms with Crippen LogP contribution < -0.4 is 10.6 Å². The van der Waals surface area contributed by atoms with Crippen LogP contribution in [0.3, 0.4) is 0 Å². The molecule has 0 aliphatic carbocycles. The third kappa shape index (κ3) is 3.69. The van der Waals surface area contributed by atoms with Gasteiger partial charge in [-0.2, -0.15) is 0 Å². The summed E-state index contributed by atoms with van der Waals surface area (Å²) in [6, 6.07) is 0. The molecule has 0 aromatic rings. The third-order valence-electron chi connectivity index (χ3n) is 3.00. The molecule has 21 heavy (non-hydrogen) atoms. The highest BCUT2D eigenvalue weighted by atomic mass is 31.2. The van der Waals surface area contributed by atoms with Crippen LogP contribution in [0, 0.1) is 0 Å². The van der Waals surface area contributed by atoms with E-state index in [-0.39, 0.29) is 11.4 Å². The van der Waals surface area contributed by atoms with Crippen LogP contribution in [0.4, 0.5) is 0 Å². The summed E-state index contributed by atoms with van der Waals surface area (Å²) in [5.41, 5.74) is 0.0210. The largest absolute Gasteiger partial charge is 0.469 e. The fourth-order valence-electron chi connectivity index (χ4n) is 2.00. The molecule has 118 valence electrons. The minimum atomic E-state index is -4.73. The van der Waals surface area contributed by atoms with Gasteiger partial charge in [-0.25, -0.2) is 4.57 Å². The summed E-state index contributed by atoms with van der Waals surface area (Å²) >= 11 is 0. The first-order chi connectivity index (χ1) is 9.69. The standard InChI is InChI=1S/C10H15N2O8P/c1-4-11-2-5(10(15)12-4)9-8(14)7(13)6(20-9)3-19-21(16,17)18/h2,6-9,11,13-14H,1,3H2,(H,12,15)(H2,16,17,18)/t6-,7-,8-,9+/m1/s1. The van der Waals surface area contributed by atoms with E-state index in [9.17, 15) is 19.6 Å². The maximum absolute atomic E-state index is 11.8. The van der Waals surface area contributed by atoms with Crippen molar-refractivity contribution < 1.29 is 38.6 Å². The molecule has 1 amide bonds. The number of ether oxygens (including phenoxy) is 1. The number of aliphatic hydroxyl groups excluding tert-OH is 2. The number of hydrogen-bond acceptors (Lipinski definition) is 7. The zero-order valence-corrected chi connectivity index (χ0v) is 11.6. The summed E-state index contributed by atoms with van der Waals surface area (Å²) in [5.74, 6) is -0.315. The fourth-order valence-corrected chi connectivity index (χ4v) is 2.34. The van der Waals surface area contributed by atoms with Crippen molar-refractivity contribution in [2.24, 2.45) is 0 Å². The summed E-state index contributed by atoms with van der Waals surface area (Å²) in [6.07, 6.45) is -3.98. The van der Waals surface area contributed by atoms with Crippen LogP contribution in [0.15, 0.2) is 24.2 Å². The maximum atomic E-state index is 11.8. The summed E-state index contributed by atoms with van der Waals surface area (Å²) in [6.45, 7) is 2.85. The Morgan fingerprint density at radius 3 is 2.62 bits per heavy atom. The van der Waals surface area contributed by atoms with Crippen molar-refractivity contribution in [3.8, 4) is 0 Å². The first kappa shape index (κ1) is 16.1. The van der Waals surface area contributed by atoms with Crippen LogP contribution in [0.5, 0.6) is 0 Å². The van der Waals surface area contributed by atoms with Gasteiger partial charge in [-0.15, -0.1) is 0 Å². The molecule has 2 rings (SSSR count). The Balaban J connectivity index is 2.08. The number of phosphoric ester groups is 1. The molecule has 0 radical (unpaired) electrons. The lowest BCUT2D eigenvalue weighted by molar-refractivity contribution is -0.119. The van der Waals surface area contributed by atoms with Gasteiger partial charge < -0.3 is 35.4 Å². The average molecular weight is 322 g/mol. The zero-order valence-electron chi connectivity index (χ0n) is 10.7. The van der Waals surface area contributed by atoms with Crippen molar-refractivity contribution >= 4 is 13.7 Å². The smallest absolute Gasteiger partial charge is 0.387 e. The molecule has 0 unspecified atom stereocenters. The molecular formula is C10H15N2O8P. The zero-order chi connectivity index (χ0) is 15.8. The van der Waals surface area contributed by atoms with Gasteiger partial charge in [0.15, 0.2) is 0 Å². The number of carbonyl (C=O) groups excluding carboxylic acids is 1. The van der Waals surface area contributed by atoms with Crippen LogP contribution in [0.2, 0.25) is 0 Å². The molecule has 0 aromatic carbocycles. The number of rotatable bonds is 4. The summed E-state index contributed by atoms with van der Waals surface area (Å²) in [5, 5.41) is 24.7. The number of nitrogens with one attached hydrogen (secondary N) is 2. The van der Waals surface area contributed by atoms with E-state index >= 15 is 0 Å². The van der Waals surface area contributed by atoms with E-state index in [1.54, 1.807) is 0 Å². The first-order valence-corrected chi connectivity index (χ1v) is 7.40. The lowest BCUT2D eigenvalue weighted by atomic mass is 10.0. The van der Waals surface area contributed by atoms with Crippen LogP contribution in [-0.2, 0) is 18.6 Å². The van der Waals surface area contributed by atoms with Crippen molar-refractivity contribution in [3.05, 3.63) is 24.2 Å². The van der Waals surface area contributed by atoms with Crippen molar-refractivity contribution in [1.82, 2.24) is 10.6 Å². The molecule has 10 nitrogen and oxygen atoms in total. The van der Waals surface area contributed by atoms with E-state index in [1.807, 2.05) is 0 Å². The molecule has 1 saturated heterocycles. The normalized spacial score (nSPS) is 33.4. The molecule has 0 spiro atoms. The van der Waals surface area contributed by atoms with Crippen molar-refractivity contribution in [3.63, 3.8) is 0 Å². The Morgan fingerprint density at radius 1 is 1.38 bits per heavy atom.